The average Bonchev–Trinajstić information content (AvgIpc) is 2.61. The summed E-state index contributed by atoms with van der Waals surface area (Å²) in [6.45, 7) is 0.316. The molecule has 0 unspecified atom stereocenters. The Hall–Kier alpha value is -2.89. The lowest BCUT2D eigenvalue weighted by atomic mass is 10.1. The Labute approximate surface area is 139 Å². The molecular weight excluding hydrogens is 313 g/mol. The molecule has 0 fully saturated rings. The normalized spacial score (nSPS) is 10.1. The molecule has 0 saturated carbocycles. The second-order valence-corrected chi connectivity index (χ2v) is 5.03. The van der Waals surface area contributed by atoms with E-state index in [4.69, 9.17) is 4.74 Å². The van der Waals surface area contributed by atoms with Crippen molar-refractivity contribution in [3.05, 3.63) is 65.5 Å². The van der Waals surface area contributed by atoms with Crippen LogP contribution in [0.15, 0.2) is 48.5 Å². The van der Waals surface area contributed by atoms with Gasteiger partial charge in [-0.15, -0.1) is 0 Å². The van der Waals surface area contributed by atoms with Crippen molar-refractivity contribution in [2.75, 3.05) is 20.3 Å². The number of amides is 1. The van der Waals surface area contributed by atoms with Crippen LogP contribution < -0.4 is 10.1 Å². The molecule has 0 atom stereocenters. The molecule has 24 heavy (non-hydrogen) atoms. The number of carbonyl (C=O) groups excluding carboxylic acids is 2. The number of esters is 1. The first-order valence-electron chi connectivity index (χ1n) is 7.41. The van der Waals surface area contributed by atoms with Crippen LogP contribution in [0, 0.1) is 5.82 Å². The smallest absolute Gasteiger partial charge is 0.337 e. The van der Waals surface area contributed by atoms with Crippen LogP contribution in [0.25, 0.3) is 0 Å². The van der Waals surface area contributed by atoms with Gasteiger partial charge in [0.05, 0.1) is 12.7 Å². The maximum Gasteiger partial charge on any atom is 0.337 e. The highest BCUT2D eigenvalue weighted by molar-refractivity contribution is 5.89. The second kappa shape index (κ2) is 8.67. The van der Waals surface area contributed by atoms with E-state index in [9.17, 15) is 14.0 Å². The van der Waals surface area contributed by atoms with Gasteiger partial charge < -0.3 is 14.8 Å². The molecule has 0 saturated heterocycles. The van der Waals surface area contributed by atoms with Crippen molar-refractivity contribution in [1.82, 2.24) is 5.32 Å². The van der Waals surface area contributed by atoms with Crippen LogP contribution in [0.4, 0.5) is 4.39 Å². The minimum absolute atomic E-state index is 0.124. The predicted molar refractivity (Wildman–Crippen MR) is 86.4 cm³/mol. The molecule has 0 radical (unpaired) electrons. The fourth-order valence-electron chi connectivity index (χ4n) is 2.00. The molecule has 6 heteroatoms. The van der Waals surface area contributed by atoms with E-state index in [1.54, 1.807) is 36.4 Å². The topological polar surface area (TPSA) is 64.6 Å². The molecule has 0 aliphatic carbocycles. The first kappa shape index (κ1) is 17.5. The minimum atomic E-state index is -0.430. The molecule has 0 aliphatic rings. The zero-order valence-corrected chi connectivity index (χ0v) is 13.3. The zero-order valence-electron chi connectivity index (χ0n) is 13.3. The van der Waals surface area contributed by atoms with Crippen LogP contribution in [-0.4, -0.2) is 32.1 Å². The van der Waals surface area contributed by atoms with Crippen LogP contribution in [0.5, 0.6) is 5.75 Å². The van der Waals surface area contributed by atoms with E-state index in [1.807, 2.05) is 0 Å². The van der Waals surface area contributed by atoms with Gasteiger partial charge in [-0.2, -0.15) is 0 Å². The van der Waals surface area contributed by atoms with E-state index in [0.29, 0.717) is 24.3 Å². The largest absolute Gasteiger partial charge is 0.484 e. The SMILES string of the molecule is COC(=O)c1ccc(OCC(=O)NCCc2ccc(F)cc2)cc1. The highest BCUT2D eigenvalue weighted by atomic mass is 19.1. The van der Waals surface area contributed by atoms with Crippen LogP contribution in [0.1, 0.15) is 15.9 Å². The van der Waals surface area contributed by atoms with E-state index in [0.717, 1.165) is 5.56 Å². The summed E-state index contributed by atoms with van der Waals surface area (Å²) >= 11 is 0. The summed E-state index contributed by atoms with van der Waals surface area (Å²) in [5, 5.41) is 2.72. The number of hydrogen-bond donors (Lipinski definition) is 1. The Morgan fingerprint density at radius 1 is 1.04 bits per heavy atom. The third-order valence-corrected chi connectivity index (χ3v) is 3.29. The van der Waals surface area contributed by atoms with Crippen LogP contribution >= 0.6 is 0 Å². The average molecular weight is 331 g/mol. The lowest BCUT2D eigenvalue weighted by Gasteiger charge is -2.08. The standard InChI is InChI=1S/C18H18FNO4/c1-23-18(22)14-4-8-16(9-5-14)24-12-17(21)20-11-10-13-2-6-15(19)7-3-13/h2-9H,10-12H2,1H3,(H,20,21). The minimum Gasteiger partial charge on any atom is -0.484 e. The summed E-state index contributed by atoms with van der Waals surface area (Å²) in [5.74, 6) is -0.486. The monoisotopic (exact) mass is 331 g/mol. The summed E-state index contributed by atoms with van der Waals surface area (Å²) in [6.07, 6.45) is 0.611. The van der Waals surface area contributed by atoms with E-state index < -0.39 is 5.97 Å². The second-order valence-electron chi connectivity index (χ2n) is 5.03. The number of hydrogen-bond acceptors (Lipinski definition) is 4. The van der Waals surface area contributed by atoms with E-state index in [2.05, 4.69) is 10.1 Å². The van der Waals surface area contributed by atoms with Gasteiger partial charge in [0.2, 0.25) is 0 Å². The van der Waals surface area contributed by atoms with Gasteiger partial charge in [0.15, 0.2) is 6.61 Å². The molecule has 2 rings (SSSR count). The number of benzene rings is 2. The molecule has 5 nitrogen and oxygen atoms in total. The highest BCUT2D eigenvalue weighted by Gasteiger charge is 2.06. The number of halogens is 1. The van der Waals surface area contributed by atoms with Gasteiger partial charge in [0.25, 0.3) is 5.91 Å². The Kier molecular flexibility index (Phi) is 6.31. The van der Waals surface area contributed by atoms with E-state index >= 15 is 0 Å². The van der Waals surface area contributed by atoms with Crippen molar-refractivity contribution in [1.29, 1.82) is 0 Å². The van der Waals surface area contributed by atoms with Crippen molar-refractivity contribution in [2.24, 2.45) is 0 Å². The lowest BCUT2D eigenvalue weighted by molar-refractivity contribution is -0.123. The van der Waals surface area contributed by atoms with Crippen molar-refractivity contribution in [2.45, 2.75) is 6.42 Å². The van der Waals surface area contributed by atoms with E-state index in [1.165, 1.54) is 19.2 Å². The first-order valence-corrected chi connectivity index (χ1v) is 7.41. The molecule has 126 valence electrons. The van der Waals surface area contributed by atoms with Crippen LogP contribution in [-0.2, 0) is 16.0 Å². The summed E-state index contributed by atoms with van der Waals surface area (Å²) in [5.41, 5.74) is 1.35. The third kappa shape index (κ3) is 5.39. The Balaban J connectivity index is 1.71. The zero-order chi connectivity index (χ0) is 17.4. The quantitative estimate of drug-likeness (QED) is 0.791. The molecule has 0 heterocycles. The van der Waals surface area contributed by atoms with E-state index in [-0.39, 0.29) is 18.3 Å². The third-order valence-electron chi connectivity index (χ3n) is 3.29. The summed E-state index contributed by atoms with van der Waals surface area (Å²) in [7, 11) is 1.31. The van der Waals surface area contributed by atoms with Crippen molar-refractivity contribution in [3.63, 3.8) is 0 Å². The van der Waals surface area contributed by atoms with Crippen LogP contribution in [0.2, 0.25) is 0 Å². The molecule has 2 aromatic carbocycles. The lowest BCUT2D eigenvalue weighted by Crippen LogP contribution is -2.30. The fraction of sp³-hybridized carbons (Fsp3) is 0.222. The number of rotatable bonds is 7. The first-order chi connectivity index (χ1) is 11.6. The predicted octanol–water partition coefficient (Wildman–Crippen LogP) is 2.35. The van der Waals surface area contributed by atoms with Crippen molar-refractivity contribution >= 4 is 11.9 Å². The maximum atomic E-state index is 12.8. The maximum absolute atomic E-state index is 12.8. The molecule has 0 aromatic heterocycles. The molecule has 0 spiro atoms. The number of ether oxygens (including phenoxy) is 2. The molecule has 2 aromatic rings. The number of carbonyl (C=O) groups is 2. The van der Waals surface area contributed by atoms with Gasteiger partial charge in [0.1, 0.15) is 11.6 Å². The van der Waals surface area contributed by atoms with Gasteiger partial charge in [-0.3, -0.25) is 4.79 Å². The van der Waals surface area contributed by atoms with Gasteiger partial charge in [-0.05, 0) is 48.4 Å². The summed E-state index contributed by atoms with van der Waals surface area (Å²) in [6, 6.07) is 12.5. The molecule has 0 aliphatic heterocycles. The van der Waals surface area contributed by atoms with Crippen LogP contribution in [0.3, 0.4) is 0 Å². The van der Waals surface area contributed by atoms with Gasteiger partial charge in [-0.1, -0.05) is 12.1 Å². The highest BCUT2D eigenvalue weighted by Crippen LogP contribution is 2.12. The van der Waals surface area contributed by atoms with Crippen molar-refractivity contribution < 1.29 is 23.5 Å². The van der Waals surface area contributed by atoms with Crippen molar-refractivity contribution in [3.8, 4) is 5.75 Å². The molecular formula is C18H18FNO4. The summed E-state index contributed by atoms with van der Waals surface area (Å²) < 4.78 is 22.7. The van der Waals surface area contributed by atoms with Gasteiger partial charge in [0, 0.05) is 6.54 Å². The Morgan fingerprint density at radius 2 is 1.71 bits per heavy atom. The summed E-state index contributed by atoms with van der Waals surface area (Å²) in [4.78, 5) is 23.0. The Morgan fingerprint density at radius 3 is 2.33 bits per heavy atom. The van der Waals surface area contributed by atoms with Gasteiger partial charge >= 0.3 is 5.97 Å². The van der Waals surface area contributed by atoms with Gasteiger partial charge in [-0.25, -0.2) is 9.18 Å². The number of methoxy groups -OCH3 is 1. The molecule has 1 amide bonds. The Bertz CT molecular complexity index is 683. The number of nitrogens with one attached hydrogen (secondary N) is 1. The molecule has 0 bridgehead atoms. The molecule has 1 N–H and O–H groups in total. The fourth-order valence-corrected chi connectivity index (χ4v) is 2.00.